The maximum Gasteiger partial charge on any atom is 0.325 e. The minimum absolute atomic E-state index is 0.00888. The maximum absolute atomic E-state index is 13.6. The Hall–Kier alpha value is -4.21. The number of amides is 5. The van der Waals surface area contributed by atoms with Crippen molar-refractivity contribution in [2.24, 2.45) is 0 Å². The van der Waals surface area contributed by atoms with Crippen molar-refractivity contribution in [1.82, 2.24) is 20.9 Å². The number of carbonyl (C=O) groups excluding carboxylic acids is 4. The minimum atomic E-state index is -1.27. The number of hydrogen-bond donors (Lipinski definition) is 4. The number of aliphatic carboxylic acids is 1. The molecule has 0 unspecified atom stereocenters. The number of nitrogens with zero attached hydrogens (tertiary/aromatic N) is 1. The molecule has 40 heavy (non-hydrogen) atoms. The first-order chi connectivity index (χ1) is 19.3. The Bertz CT molecular complexity index is 1120. The van der Waals surface area contributed by atoms with Gasteiger partial charge < -0.3 is 21.1 Å². The van der Waals surface area contributed by atoms with Crippen LogP contribution in [0.3, 0.4) is 0 Å². The molecule has 0 aliphatic carbocycles. The molecule has 1 heterocycles. The zero-order valence-corrected chi connectivity index (χ0v) is 22.7. The number of carboxylic acid groups (broad SMARTS) is 1. The number of benzene rings is 2. The van der Waals surface area contributed by atoms with Gasteiger partial charge in [-0.15, -0.1) is 0 Å². The molecule has 0 bridgehead atoms. The highest BCUT2D eigenvalue weighted by Gasteiger charge is 2.53. The molecule has 10 nitrogen and oxygen atoms in total. The Kier molecular flexibility index (Phi) is 11.7. The molecule has 0 saturated carbocycles. The molecule has 0 radical (unpaired) electrons. The number of urea groups is 1. The second-order valence-corrected chi connectivity index (χ2v) is 9.83. The summed E-state index contributed by atoms with van der Waals surface area (Å²) in [6.07, 6.45) is 4.63. The van der Waals surface area contributed by atoms with E-state index in [1.165, 1.54) is 4.90 Å². The Morgan fingerprint density at radius 3 is 1.75 bits per heavy atom. The molecule has 1 saturated heterocycles. The summed E-state index contributed by atoms with van der Waals surface area (Å²) in [4.78, 5) is 61.9. The SMILES string of the molecule is O=C(O)CCC(=O)NCCCCCCNC(=O)CCCCN1C(=O)NC(c2ccccc2)(c2ccccc2)C1=O. The van der Waals surface area contributed by atoms with Crippen molar-refractivity contribution < 1.29 is 29.1 Å². The van der Waals surface area contributed by atoms with Crippen molar-refractivity contribution >= 4 is 29.7 Å². The molecule has 2 aromatic rings. The van der Waals surface area contributed by atoms with Gasteiger partial charge in [-0.3, -0.25) is 24.1 Å². The van der Waals surface area contributed by atoms with Crippen molar-refractivity contribution in [2.75, 3.05) is 19.6 Å². The van der Waals surface area contributed by atoms with Gasteiger partial charge in [0.25, 0.3) is 5.91 Å². The molecule has 0 spiro atoms. The summed E-state index contributed by atoms with van der Waals surface area (Å²) >= 11 is 0. The van der Waals surface area contributed by atoms with Crippen molar-refractivity contribution in [1.29, 1.82) is 0 Å². The highest BCUT2D eigenvalue weighted by atomic mass is 16.4. The Morgan fingerprint density at radius 2 is 1.23 bits per heavy atom. The van der Waals surface area contributed by atoms with Crippen molar-refractivity contribution in [3.8, 4) is 0 Å². The lowest BCUT2D eigenvalue weighted by Crippen LogP contribution is -2.45. The van der Waals surface area contributed by atoms with Gasteiger partial charge in [-0.2, -0.15) is 0 Å². The first-order valence-corrected chi connectivity index (χ1v) is 13.8. The maximum atomic E-state index is 13.6. The van der Waals surface area contributed by atoms with Crippen LogP contribution in [0.1, 0.15) is 68.9 Å². The van der Waals surface area contributed by atoms with E-state index in [9.17, 15) is 24.0 Å². The number of rotatable bonds is 17. The number of carboxylic acids is 1. The van der Waals surface area contributed by atoms with Gasteiger partial charge in [-0.25, -0.2) is 4.79 Å². The molecular formula is C30H38N4O6. The second-order valence-electron chi connectivity index (χ2n) is 9.83. The molecule has 0 atom stereocenters. The molecule has 1 fully saturated rings. The standard InChI is InChI=1S/C30H38N4O6/c35-25(31-20-10-1-2-11-21-32-26(36)18-19-27(37)38)17-9-12-22-34-28(39)30(33-29(34)40,23-13-5-3-6-14-23)24-15-7-4-8-16-24/h3-8,13-16H,1-2,9-12,17-22H2,(H,31,35)(H,32,36)(H,33,40)(H,37,38). The van der Waals surface area contributed by atoms with Gasteiger partial charge in [0.05, 0.1) is 6.42 Å². The van der Waals surface area contributed by atoms with Crippen LogP contribution >= 0.6 is 0 Å². The molecule has 1 aliphatic rings. The number of imide groups is 1. The van der Waals surface area contributed by atoms with Crippen molar-refractivity contribution in [3.63, 3.8) is 0 Å². The number of carbonyl (C=O) groups is 5. The first kappa shape index (κ1) is 30.3. The van der Waals surface area contributed by atoms with E-state index in [0.717, 1.165) is 25.7 Å². The van der Waals surface area contributed by atoms with Crippen molar-refractivity contribution in [2.45, 2.75) is 63.3 Å². The predicted molar refractivity (Wildman–Crippen MR) is 149 cm³/mol. The summed E-state index contributed by atoms with van der Waals surface area (Å²) in [5, 5.41) is 17.1. The van der Waals surface area contributed by atoms with Gasteiger partial charge in [0.2, 0.25) is 11.8 Å². The highest BCUT2D eigenvalue weighted by Crippen LogP contribution is 2.36. The third-order valence-corrected chi connectivity index (χ3v) is 6.87. The first-order valence-electron chi connectivity index (χ1n) is 13.8. The van der Waals surface area contributed by atoms with Crippen LogP contribution in [-0.4, -0.2) is 59.4 Å². The largest absolute Gasteiger partial charge is 0.481 e. The van der Waals surface area contributed by atoms with Gasteiger partial charge in [0.1, 0.15) is 0 Å². The summed E-state index contributed by atoms with van der Waals surface area (Å²) < 4.78 is 0. The summed E-state index contributed by atoms with van der Waals surface area (Å²) in [5.41, 5.74) is 0.118. The smallest absolute Gasteiger partial charge is 0.325 e. The molecule has 10 heteroatoms. The van der Waals surface area contributed by atoms with Gasteiger partial charge >= 0.3 is 12.0 Å². The fourth-order valence-corrected chi connectivity index (χ4v) is 4.73. The average molecular weight is 551 g/mol. The Balaban J connectivity index is 1.34. The number of nitrogens with one attached hydrogen (secondary N) is 3. The second kappa shape index (κ2) is 15.4. The highest BCUT2D eigenvalue weighted by molar-refractivity contribution is 6.09. The molecule has 2 aromatic carbocycles. The lowest BCUT2D eigenvalue weighted by atomic mass is 9.82. The normalized spacial score (nSPS) is 14.1. The molecule has 3 rings (SSSR count). The van der Waals surface area contributed by atoms with Crippen LogP contribution in [0.5, 0.6) is 0 Å². The third kappa shape index (κ3) is 8.39. The molecular weight excluding hydrogens is 512 g/mol. The Labute approximate surface area is 234 Å². The monoisotopic (exact) mass is 550 g/mol. The van der Waals surface area contributed by atoms with E-state index >= 15 is 0 Å². The molecule has 4 N–H and O–H groups in total. The van der Waals surface area contributed by atoms with Gasteiger partial charge in [0.15, 0.2) is 5.54 Å². The van der Waals surface area contributed by atoms with Crippen LogP contribution in [0.15, 0.2) is 60.7 Å². The molecule has 1 aliphatic heterocycles. The van der Waals surface area contributed by atoms with E-state index < -0.39 is 17.5 Å². The van der Waals surface area contributed by atoms with E-state index in [-0.39, 0.29) is 37.1 Å². The molecule has 5 amide bonds. The van der Waals surface area contributed by atoms with Crippen LogP contribution in [0, 0.1) is 0 Å². The minimum Gasteiger partial charge on any atom is -0.481 e. The van der Waals surface area contributed by atoms with Gasteiger partial charge in [0, 0.05) is 32.5 Å². The number of unbranched alkanes of at least 4 members (excludes halogenated alkanes) is 4. The number of hydrogen-bond acceptors (Lipinski definition) is 5. The fourth-order valence-electron chi connectivity index (χ4n) is 4.73. The summed E-state index contributed by atoms with van der Waals surface area (Å²) in [6, 6.07) is 18.0. The fraction of sp³-hybridized carbons (Fsp3) is 0.433. The lowest BCUT2D eigenvalue weighted by Gasteiger charge is -2.28. The topological polar surface area (TPSA) is 145 Å². The molecule has 214 valence electrons. The van der Waals surface area contributed by atoms with Crippen molar-refractivity contribution in [3.05, 3.63) is 71.8 Å². The lowest BCUT2D eigenvalue weighted by molar-refractivity contribution is -0.138. The third-order valence-electron chi connectivity index (χ3n) is 6.87. The van der Waals surface area contributed by atoms with E-state index in [2.05, 4.69) is 16.0 Å². The van der Waals surface area contributed by atoms with Crippen LogP contribution in [0.25, 0.3) is 0 Å². The van der Waals surface area contributed by atoms with Gasteiger partial charge in [-0.1, -0.05) is 73.5 Å². The van der Waals surface area contributed by atoms with Crippen LogP contribution < -0.4 is 16.0 Å². The Morgan fingerprint density at radius 1 is 0.700 bits per heavy atom. The predicted octanol–water partition coefficient (Wildman–Crippen LogP) is 3.31. The summed E-state index contributed by atoms with van der Waals surface area (Å²) in [5.74, 6) is -1.62. The van der Waals surface area contributed by atoms with Crippen LogP contribution in [-0.2, 0) is 24.7 Å². The summed E-state index contributed by atoms with van der Waals surface area (Å²) in [6.45, 7) is 1.31. The van der Waals surface area contributed by atoms with Crippen LogP contribution in [0.2, 0.25) is 0 Å². The van der Waals surface area contributed by atoms with E-state index in [1.54, 1.807) is 0 Å². The van der Waals surface area contributed by atoms with Gasteiger partial charge in [-0.05, 0) is 36.8 Å². The van der Waals surface area contributed by atoms with E-state index in [1.807, 2.05) is 60.7 Å². The van der Waals surface area contributed by atoms with E-state index in [4.69, 9.17) is 5.11 Å². The van der Waals surface area contributed by atoms with Crippen LogP contribution in [0.4, 0.5) is 4.79 Å². The zero-order chi connectivity index (χ0) is 28.8. The molecule has 0 aromatic heterocycles. The zero-order valence-electron chi connectivity index (χ0n) is 22.7. The summed E-state index contributed by atoms with van der Waals surface area (Å²) in [7, 11) is 0. The van der Waals surface area contributed by atoms with E-state index in [0.29, 0.717) is 43.5 Å². The average Bonchev–Trinajstić information content (AvgIpc) is 3.22. The quantitative estimate of drug-likeness (QED) is 0.176.